The van der Waals surface area contributed by atoms with E-state index in [0.717, 1.165) is 17.0 Å². The average Bonchev–Trinajstić information content (AvgIpc) is 3.09. The molecule has 0 saturated carbocycles. The highest BCUT2D eigenvalue weighted by atomic mass is 35.5. The molecule has 3 rings (SSSR count). The summed E-state index contributed by atoms with van der Waals surface area (Å²) >= 11 is 6.06. The summed E-state index contributed by atoms with van der Waals surface area (Å²) in [6, 6.07) is 12.5. The monoisotopic (exact) mass is 449 g/mol. The topological polar surface area (TPSA) is 114 Å². The van der Waals surface area contributed by atoms with Gasteiger partial charge in [0.2, 0.25) is 5.95 Å². The Morgan fingerprint density at radius 3 is 2.35 bits per heavy atom. The van der Waals surface area contributed by atoms with Crippen LogP contribution in [0.25, 0.3) is 11.3 Å². The summed E-state index contributed by atoms with van der Waals surface area (Å²) in [7, 11) is 1.91. The van der Waals surface area contributed by atoms with Crippen LogP contribution in [0.4, 0.5) is 10.3 Å². The van der Waals surface area contributed by atoms with Gasteiger partial charge < -0.3 is 24.8 Å². The summed E-state index contributed by atoms with van der Waals surface area (Å²) in [5.41, 5.74) is 2.40. The zero-order chi connectivity index (χ0) is 23.0. The maximum Gasteiger partial charge on any atom is 0.414 e. The summed E-state index contributed by atoms with van der Waals surface area (Å²) in [5.74, 6) is -2.50. The molecule has 0 fully saturated rings. The lowest BCUT2D eigenvalue weighted by Gasteiger charge is -2.10. The van der Waals surface area contributed by atoms with Crippen molar-refractivity contribution in [3.8, 4) is 17.0 Å². The summed E-state index contributed by atoms with van der Waals surface area (Å²) in [6.45, 7) is 2.85. The van der Waals surface area contributed by atoms with Crippen LogP contribution in [0.3, 0.4) is 0 Å². The molecule has 0 aliphatic heterocycles. The van der Waals surface area contributed by atoms with Crippen molar-refractivity contribution in [1.82, 2.24) is 9.55 Å². The van der Waals surface area contributed by atoms with Gasteiger partial charge in [-0.05, 0) is 43.3 Å². The Kier molecular flexibility index (Phi) is 8.39. The first-order chi connectivity index (χ1) is 14.7. The van der Waals surface area contributed by atoms with Gasteiger partial charge in [-0.3, -0.25) is 0 Å². The Balaban J connectivity index is 0.000000501. The fraction of sp³-hybridized carbons (Fsp3) is 0.190. The van der Waals surface area contributed by atoms with E-state index in [-0.39, 0.29) is 12.4 Å². The van der Waals surface area contributed by atoms with Crippen molar-refractivity contribution in [1.29, 1.82) is 0 Å². The molecule has 0 aliphatic carbocycles. The highest BCUT2D eigenvalue weighted by molar-refractivity contribution is 6.31. The van der Waals surface area contributed by atoms with Crippen LogP contribution in [0.5, 0.6) is 5.75 Å². The van der Waals surface area contributed by atoms with Crippen LogP contribution >= 0.6 is 11.6 Å². The lowest BCUT2D eigenvalue weighted by molar-refractivity contribution is -0.159. The van der Waals surface area contributed by atoms with E-state index < -0.39 is 11.9 Å². The molecular formula is C21H21ClFN3O5. The first kappa shape index (κ1) is 23.7. The number of imidazole rings is 1. The van der Waals surface area contributed by atoms with Crippen molar-refractivity contribution < 1.29 is 28.9 Å². The van der Waals surface area contributed by atoms with Crippen LogP contribution < -0.4 is 10.1 Å². The Hall–Kier alpha value is -3.59. The molecule has 0 spiro atoms. The molecule has 10 heteroatoms. The van der Waals surface area contributed by atoms with E-state index in [0.29, 0.717) is 23.1 Å². The third kappa shape index (κ3) is 6.45. The Morgan fingerprint density at radius 1 is 1.16 bits per heavy atom. The van der Waals surface area contributed by atoms with Crippen molar-refractivity contribution in [3.63, 3.8) is 0 Å². The first-order valence-electron chi connectivity index (χ1n) is 9.12. The van der Waals surface area contributed by atoms with Gasteiger partial charge in [-0.2, -0.15) is 0 Å². The molecule has 0 radical (unpaired) electrons. The molecule has 3 N–H and O–H groups in total. The first-order valence-corrected chi connectivity index (χ1v) is 9.50. The van der Waals surface area contributed by atoms with E-state index in [1.54, 1.807) is 18.3 Å². The maximum atomic E-state index is 13.9. The number of hydrogen-bond acceptors (Lipinski definition) is 5. The van der Waals surface area contributed by atoms with Crippen LogP contribution in [0.2, 0.25) is 5.02 Å². The lowest BCUT2D eigenvalue weighted by atomic mass is 10.1. The molecule has 2 aromatic carbocycles. The summed E-state index contributed by atoms with van der Waals surface area (Å²) in [5, 5.41) is 18.3. The number of nitrogens with zero attached hydrogens (tertiary/aromatic N) is 2. The summed E-state index contributed by atoms with van der Waals surface area (Å²) in [4.78, 5) is 22.6. The van der Waals surface area contributed by atoms with Gasteiger partial charge in [0.1, 0.15) is 11.6 Å². The molecule has 1 heterocycles. The minimum atomic E-state index is -1.82. The molecule has 0 aliphatic rings. The second kappa shape index (κ2) is 11.0. The SMILES string of the molecule is CCOc1ccc(-c2cnc(NCc3c(F)cccc3Cl)n2C)cc1.O=C(O)C(=O)O. The van der Waals surface area contributed by atoms with E-state index in [1.165, 1.54) is 6.07 Å². The third-order valence-electron chi connectivity index (χ3n) is 4.12. The van der Waals surface area contributed by atoms with Crippen molar-refractivity contribution in [2.75, 3.05) is 11.9 Å². The van der Waals surface area contributed by atoms with E-state index in [9.17, 15) is 4.39 Å². The maximum absolute atomic E-state index is 13.9. The fourth-order valence-corrected chi connectivity index (χ4v) is 2.83. The van der Waals surface area contributed by atoms with Crippen LogP contribution in [-0.2, 0) is 23.2 Å². The number of rotatable bonds is 6. The van der Waals surface area contributed by atoms with Crippen molar-refractivity contribution in [3.05, 3.63) is 65.1 Å². The minimum Gasteiger partial charge on any atom is -0.494 e. The number of aromatic nitrogens is 2. The summed E-state index contributed by atoms with van der Waals surface area (Å²) in [6.07, 6.45) is 1.78. The molecule has 8 nitrogen and oxygen atoms in total. The molecule has 164 valence electrons. The molecule has 0 saturated heterocycles. The fourth-order valence-electron chi connectivity index (χ4n) is 2.60. The van der Waals surface area contributed by atoms with Gasteiger partial charge in [0, 0.05) is 29.7 Å². The van der Waals surface area contributed by atoms with Crippen molar-refractivity contribution in [2.24, 2.45) is 7.05 Å². The number of anilines is 1. The van der Waals surface area contributed by atoms with Gasteiger partial charge in [0.05, 0.1) is 18.5 Å². The van der Waals surface area contributed by atoms with Gasteiger partial charge in [-0.25, -0.2) is 19.0 Å². The second-order valence-electron chi connectivity index (χ2n) is 6.15. The summed E-state index contributed by atoms with van der Waals surface area (Å²) < 4.78 is 21.2. The largest absolute Gasteiger partial charge is 0.494 e. The second-order valence-corrected chi connectivity index (χ2v) is 6.55. The van der Waals surface area contributed by atoms with Crippen LogP contribution in [-0.4, -0.2) is 38.3 Å². The Morgan fingerprint density at radius 2 is 1.81 bits per heavy atom. The Labute approximate surface area is 182 Å². The van der Waals surface area contributed by atoms with E-state index in [2.05, 4.69) is 10.3 Å². The predicted octanol–water partition coefficient (Wildman–Crippen LogP) is 4.05. The highest BCUT2D eigenvalue weighted by Crippen LogP contribution is 2.25. The molecule has 0 atom stereocenters. The normalized spacial score (nSPS) is 10.1. The quantitative estimate of drug-likeness (QED) is 0.486. The molecule has 1 aromatic heterocycles. The number of ether oxygens (including phenoxy) is 1. The van der Waals surface area contributed by atoms with Gasteiger partial charge in [-0.1, -0.05) is 17.7 Å². The number of halogens is 2. The number of carboxylic acids is 2. The zero-order valence-electron chi connectivity index (χ0n) is 16.8. The van der Waals surface area contributed by atoms with Crippen LogP contribution in [0, 0.1) is 5.82 Å². The Bertz CT molecular complexity index is 1020. The zero-order valence-corrected chi connectivity index (χ0v) is 17.6. The number of carboxylic acid groups (broad SMARTS) is 2. The molecule has 0 bridgehead atoms. The lowest BCUT2D eigenvalue weighted by Crippen LogP contribution is -2.09. The number of aliphatic carboxylic acids is 2. The number of carbonyl (C=O) groups is 2. The van der Waals surface area contributed by atoms with Gasteiger partial charge in [0.25, 0.3) is 0 Å². The number of hydrogen-bond donors (Lipinski definition) is 3. The number of benzene rings is 2. The van der Waals surface area contributed by atoms with Gasteiger partial charge in [-0.15, -0.1) is 0 Å². The third-order valence-corrected chi connectivity index (χ3v) is 4.47. The van der Waals surface area contributed by atoms with Gasteiger partial charge in [0.15, 0.2) is 0 Å². The van der Waals surface area contributed by atoms with E-state index >= 15 is 0 Å². The van der Waals surface area contributed by atoms with E-state index in [1.807, 2.05) is 42.8 Å². The van der Waals surface area contributed by atoms with Crippen molar-refractivity contribution >= 4 is 29.5 Å². The smallest absolute Gasteiger partial charge is 0.414 e. The average molecular weight is 450 g/mol. The van der Waals surface area contributed by atoms with Crippen LogP contribution in [0.1, 0.15) is 12.5 Å². The molecule has 3 aromatic rings. The van der Waals surface area contributed by atoms with Crippen LogP contribution in [0.15, 0.2) is 48.7 Å². The van der Waals surface area contributed by atoms with Crippen molar-refractivity contribution in [2.45, 2.75) is 13.5 Å². The predicted molar refractivity (Wildman–Crippen MR) is 114 cm³/mol. The number of nitrogens with one attached hydrogen (secondary N) is 1. The molecule has 0 amide bonds. The highest BCUT2D eigenvalue weighted by Gasteiger charge is 2.11. The standard InChI is InChI=1S/C19H19ClFN3O.C2H2O4/c1-3-25-14-9-7-13(8-10-14)18-12-23-19(24(18)2)22-11-15-16(20)5-4-6-17(15)21;3-1(4)2(5)6/h4-10,12H,3,11H2,1-2H3,(H,22,23);(H,3,4)(H,5,6). The minimum absolute atomic E-state index is 0.263. The molecular weight excluding hydrogens is 429 g/mol. The van der Waals surface area contributed by atoms with Gasteiger partial charge >= 0.3 is 11.9 Å². The van der Waals surface area contributed by atoms with E-state index in [4.69, 9.17) is 36.1 Å². The molecule has 31 heavy (non-hydrogen) atoms. The molecule has 0 unspecified atom stereocenters.